The van der Waals surface area contributed by atoms with Crippen molar-refractivity contribution < 1.29 is 8.85 Å². The first-order chi connectivity index (χ1) is 11.8. The van der Waals surface area contributed by atoms with Gasteiger partial charge in [0.15, 0.2) is 0 Å². The van der Waals surface area contributed by atoms with E-state index in [-0.39, 0.29) is 11.5 Å². The Hall–Kier alpha value is -1.42. The van der Waals surface area contributed by atoms with Crippen LogP contribution in [0.15, 0.2) is 60.7 Å². The lowest BCUT2D eigenvalue weighted by Crippen LogP contribution is -2.65. The molecular formula is C22H32O2Si. The fourth-order valence-corrected chi connectivity index (χ4v) is 6.22. The Morgan fingerprint density at radius 1 is 0.800 bits per heavy atom. The zero-order valence-electron chi connectivity index (χ0n) is 16.5. The summed E-state index contributed by atoms with van der Waals surface area (Å²) in [6.45, 7) is 13.9. The van der Waals surface area contributed by atoms with Gasteiger partial charge in [0.2, 0.25) is 0 Å². The molecule has 0 bridgehead atoms. The second-order valence-corrected chi connectivity index (χ2v) is 11.1. The van der Waals surface area contributed by atoms with Crippen molar-refractivity contribution in [1.82, 2.24) is 0 Å². The van der Waals surface area contributed by atoms with Gasteiger partial charge in [-0.15, -0.1) is 0 Å². The van der Waals surface area contributed by atoms with Gasteiger partial charge in [0.1, 0.15) is 0 Å². The molecule has 0 aliphatic rings. The number of hydrogen-bond donors (Lipinski definition) is 0. The highest BCUT2D eigenvalue weighted by Gasteiger charge is 2.45. The summed E-state index contributed by atoms with van der Waals surface area (Å²) in [6, 6.07) is 21.0. The summed E-state index contributed by atoms with van der Waals surface area (Å²) in [5, 5.41) is 2.33. The minimum atomic E-state index is -2.78. The summed E-state index contributed by atoms with van der Waals surface area (Å²) in [6.07, 6.45) is 0.0757. The van der Waals surface area contributed by atoms with E-state index in [1.165, 1.54) is 0 Å². The van der Waals surface area contributed by atoms with Crippen molar-refractivity contribution in [2.24, 2.45) is 11.3 Å². The molecule has 1 unspecified atom stereocenters. The van der Waals surface area contributed by atoms with Gasteiger partial charge in [0.25, 0.3) is 0 Å². The van der Waals surface area contributed by atoms with Gasteiger partial charge in [-0.25, -0.2) is 0 Å². The molecule has 0 fully saturated rings. The summed E-state index contributed by atoms with van der Waals surface area (Å²) >= 11 is 0. The van der Waals surface area contributed by atoms with Crippen molar-refractivity contribution in [2.75, 3.05) is 6.61 Å². The first-order valence-electron chi connectivity index (χ1n) is 9.18. The maximum Gasteiger partial charge on any atom is 0.407 e. The average molecular weight is 357 g/mol. The zero-order valence-corrected chi connectivity index (χ0v) is 17.5. The normalized spacial score (nSPS) is 13.9. The lowest BCUT2D eigenvalue weighted by molar-refractivity contribution is 0.0606. The summed E-state index contributed by atoms with van der Waals surface area (Å²) in [5.41, 5.74) is 0.0446. The van der Waals surface area contributed by atoms with E-state index in [1.807, 2.05) is 12.1 Å². The molecule has 0 aliphatic heterocycles. The molecule has 25 heavy (non-hydrogen) atoms. The Labute approximate surface area is 154 Å². The molecule has 0 saturated heterocycles. The molecule has 0 radical (unpaired) electrons. The van der Waals surface area contributed by atoms with Crippen LogP contribution in [0.1, 0.15) is 41.5 Å². The largest absolute Gasteiger partial charge is 0.407 e. The molecule has 0 aromatic heterocycles. The maximum atomic E-state index is 6.84. The smallest absolute Gasteiger partial charge is 0.387 e. The molecule has 2 aromatic carbocycles. The fraction of sp³-hybridized carbons (Fsp3) is 0.455. The van der Waals surface area contributed by atoms with Crippen molar-refractivity contribution in [1.29, 1.82) is 0 Å². The Morgan fingerprint density at radius 3 is 1.60 bits per heavy atom. The Kier molecular flexibility index (Phi) is 6.61. The molecule has 3 heteroatoms. The summed E-state index contributed by atoms with van der Waals surface area (Å²) < 4.78 is 13.5. The molecule has 0 aliphatic carbocycles. The molecule has 2 nitrogen and oxygen atoms in total. The van der Waals surface area contributed by atoms with Gasteiger partial charge in [0.05, 0.1) is 0 Å². The minimum absolute atomic E-state index is 0.0446. The predicted octanol–water partition coefficient (Wildman–Crippen LogP) is 4.37. The second-order valence-electron chi connectivity index (χ2n) is 8.18. The van der Waals surface area contributed by atoms with E-state index in [9.17, 15) is 0 Å². The number of hydrogen-bond acceptors (Lipinski definition) is 2. The van der Waals surface area contributed by atoms with E-state index < -0.39 is 8.56 Å². The van der Waals surface area contributed by atoms with E-state index in [0.717, 1.165) is 10.4 Å². The second kappa shape index (κ2) is 8.30. The van der Waals surface area contributed by atoms with Crippen molar-refractivity contribution in [3.05, 3.63) is 60.7 Å². The van der Waals surface area contributed by atoms with Crippen molar-refractivity contribution >= 4 is 18.9 Å². The van der Waals surface area contributed by atoms with Gasteiger partial charge in [0, 0.05) is 12.7 Å². The van der Waals surface area contributed by atoms with Crippen LogP contribution in [-0.2, 0) is 8.85 Å². The van der Waals surface area contributed by atoms with Crippen LogP contribution >= 0.6 is 0 Å². The molecule has 2 rings (SSSR count). The van der Waals surface area contributed by atoms with Crippen LogP contribution in [0.2, 0.25) is 0 Å². The molecule has 1 atom stereocenters. The summed E-state index contributed by atoms with van der Waals surface area (Å²) in [7, 11) is -2.78. The first-order valence-corrected chi connectivity index (χ1v) is 11.0. The SMILES string of the molecule is CC(C)CO[Si](OC(C)C(C)(C)C)(c1ccccc1)c1ccccc1. The van der Waals surface area contributed by atoms with E-state index >= 15 is 0 Å². The lowest BCUT2D eigenvalue weighted by atomic mass is 9.91. The van der Waals surface area contributed by atoms with E-state index in [1.54, 1.807) is 0 Å². The topological polar surface area (TPSA) is 18.5 Å². The van der Waals surface area contributed by atoms with Gasteiger partial charge >= 0.3 is 8.56 Å². The standard InChI is InChI=1S/C22H32O2Si/c1-18(2)17-23-25(20-13-9-7-10-14-20,21-15-11-8-12-16-21)24-19(3)22(4,5)6/h7-16,18-19H,17H2,1-6H3. The van der Waals surface area contributed by atoms with Crippen LogP contribution in [0.25, 0.3) is 0 Å². The fourth-order valence-electron chi connectivity index (χ4n) is 2.53. The Morgan fingerprint density at radius 2 is 1.24 bits per heavy atom. The average Bonchev–Trinajstić information content (AvgIpc) is 2.59. The third-order valence-electron chi connectivity index (χ3n) is 4.49. The van der Waals surface area contributed by atoms with Crippen LogP contribution in [0, 0.1) is 11.3 Å². The molecule has 2 aromatic rings. The Bertz CT molecular complexity index is 593. The van der Waals surface area contributed by atoms with Crippen molar-refractivity contribution in [3.63, 3.8) is 0 Å². The highest BCUT2D eigenvalue weighted by atomic mass is 28.4. The van der Waals surface area contributed by atoms with Crippen LogP contribution < -0.4 is 10.4 Å². The molecule has 0 amide bonds. The third-order valence-corrected chi connectivity index (χ3v) is 7.94. The predicted molar refractivity (Wildman–Crippen MR) is 109 cm³/mol. The van der Waals surface area contributed by atoms with Gasteiger partial charge < -0.3 is 8.85 Å². The number of benzene rings is 2. The van der Waals surface area contributed by atoms with Gasteiger partial charge in [-0.3, -0.25) is 0 Å². The molecule has 0 N–H and O–H groups in total. The van der Waals surface area contributed by atoms with E-state index in [4.69, 9.17) is 8.85 Å². The van der Waals surface area contributed by atoms with Gasteiger partial charge in [-0.1, -0.05) is 95.3 Å². The number of rotatable bonds is 7. The third kappa shape index (κ3) is 5.03. The molecular weight excluding hydrogens is 324 g/mol. The zero-order chi connectivity index (χ0) is 18.5. The van der Waals surface area contributed by atoms with Crippen molar-refractivity contribution in [2.45, 2.75) is 47.6 Å². The maximum absolute atomic E-state index is 6.84. The highest BCUT2D eigenvalue weighted by molar-refractivity contribution is 6.92. The molecule has 0 heterocycles. The van der Waals surface area contributed by atoms with Crippen LogP contribution in [-0.4, -0.2) is 21.3 Å². The van der Waals surface area contributed by atoms with Crippen LogP contribution in [0.3, 0.4) is 0 Å². The quantitative estimate of drug-likeness (QED) is 0.686. The first kappa shape index (κ1) is 19.9. The highest BCUT2D eigenvalue weighted by Crippen LogP contribution is 2.26. The van der Waals surface area contributed by atoms with Gasteiger partial charge in [-0.05, 0) is 28.6 Å². The Balaban J connectivity index is 2.56. The monoisotopic (exact) mass is 356 g/mol. The minimum Gasteiger partial charge on any atom is -0.387 e. The van der Waals surface area contributed by atoms with E-state index in [0.29, 0.717) is 12.5 Å². The molecule has 0 spiro atoms. The van der Waals surface area contributed by atoms with Gasteiger partial charge in [-0.2, -0.15) is 0 Å². The van der Waals surface area contributed by atoms with Crippen molar-refractivity contribution in [3.8, 4) is 0 Å². The van der Waals surface area contributed by atoms with Crippen LogP contribution in [0.4, 0.5) is 0 Å². The van der Waals surface area contributed by atoms with E-state index in [2.05, 4.69) is 90.1 Å². The summed E-state index contributed by atoms with van der Waals surface area (Å²) in [4.78, 5) is 0. The lowest BCUT2D eigenvalue weighted by Gasteiger charge is -2.39. The molecule has 136 valence electrons. The summed E-state index contributed by atoms with van der Waals surface area (Å²) in [5.74, 6) is 0.452. The van der Waals surface area contributed by atoms with Crippen LogP contribution in [0.5, 0.6) is 0 Å². The molecule has 0 saturated carbocycles.